The van der Waals surface area contributed by atoms with Crippen LogP contribution >= 0.6 is 0 Å². The number of carbonyl (C=O) groups excluding carboxylic acids is 1. The molecule has 1 saturated heterocycles. The van der Waals surface area contributed by atoms with Crippen molar-refractivity contribution < 1.29 is 22.4 Å². The Hall–Kier alpha value is -3.49. The Morgan fingerprint density at radius 3 is 2.46 bits per heavy atom. The molecule has 37 heavy (non-hydrogen) atoms. The molecule has 192 valence electrons. The van der Waals surface area contributed by atoms with E-state index >= 15 is 0 Å². The maximum atomic E-state index is 14.4. The topological polar surface area (TPSA) is 61.9 Å². The molecule has 1 aliphatic heterocycles. The van der Waals surface area contributed by atoms with Gasteiger partial charge in [-0.2, -0.15) is 13.2 Å². The van der Waals surface area contributed by atoms with Gasteiger partial charge in [0.15, 0.2) is 0 Å². The van der Waals surface area contributed by atoms with Crippen molar-refractivity contribution in [1.82, 2.24) is 19.9 Å². The third kappa shape index (κ3) is 4.45. The summed E-state index contributed by atoms with van der Waals surface area (Å²) >= 11 is 0. The van der Waals surface area contributed by atoms with Gasteiger partial charge >= 0.3 is 6.18 Å². The molecular weight excluding hydrogens is 484 g/mol. The number of aromatic amines is 1. The van der Waals surface area contributed by atoms with Crippen molar-refractivity contribution in [1.29, 1.82) is 0 Å². The minimum Gasteiger partial charge on any atom is -0.341 e. The van der Waals surface area contributed by atoms with Gasteiger partial charge in [0.05, 0.1) is 16.6 Å². The van der Waals surface area contributed by atoms with Crippen LogP contribution < -0.4 is 0 Å². The van der Waals surface area contributed by atoms with Gasteiger partial charge in [-0.25, -0.2) is 9.37 Å². The second kappa shape index (κ2) is 9.11. The molecule has 9 heteroatoms. The Kier molecular flexibility index (Phi) is 5.88. The number of hydrogen-bond acceptors (Lipinski definition) is 3. The molecule has 0 spiro atoms. The number of aromatic nitrogens is 3. The highest BCUT2D eigenvalue weighted by atomic mass is 19.4. The molecule has 2 aromatic carbocycles. The second-order valence-corrected chi connectivity index (χ2v) is 10.2. The Labute approximate surface area is 210 Å². The van der Waals surface area contributed by atoms with Crippen molar-refractivity contribution in [2.24, 2.45) is 5.92 Å². The predicted molar refractivity (Wildman–Crippen MR) is 132 cm³/mol. The SMILES string of the molecule is O=C(c1ccc2nc(C(C3CCC(c4ccnc5ccc(F)cc45)CC3)C(F)(F)F)[nH]c2c1)N1CCC1. The molecule has 3 heterocycles. The highest BCUT2D eigenvalue weighted by Crippen LogP contribution is 2.48. The number of alkyl halides is 3. The van der Waals surface area contributed by atoms with Gasteiger partial charge in [0.2, 0.25) is 0 Å². The normalized spacial score (nSPS) is 21.2. The summed E-state index contributed by atoms with van der Waals surface area (Å²) in [4.78, 5) is 25.8. The first-order valence-electron chi connectivity index (χ1n) is 12.7. The van der Waals surface area contributed by atoms with Crippen molar-refractivity contribution >= 4 is 27.8 Å². The molecule has 0 radical (unpaired) electrons. The summed E-state index contributed by atoms with van der Waals surface area (Å²) in [5.74, 6) is -2.87. The number of likely N-dealkylation sites (tertiary alicyclic amines) is 1. The first-order valence-corrected chi connectivity index (χ1v) is 12.7. The first kappa shape index (κ1) is 23.9. The van der Waals surface area contributed by atoms with Gasteiger partial charge in [-0.05, 0) is 92.0 Å². The highest BCUT2D eigenvalue weighted by molar-refractivity contribution is 5.97. The van der Waals surface area contributed by atoms with E-state index in [0.29, 0.717) is 60.9 Å². The van der Waals surface area contributed by atoms with Crippen LogP contribution in [0, 0.1) is 11.7 Å². The third-order valence-electron chi connectivity index (χ3n) is 7.96. The molecule has 1 atom stereocenters. The maximum Gasteiger partial charge on any atom is 0.399 e. The van der Waals surface area contributed by atoms with Gasteiger partial charge in [0.1, 0.15) is 17.6 Å². The lowest BCUT2D eigenvalue weighted by molar-refractivity contribution is -0.166. The van der Waals surface area contributed by atoms with E-state index in [1.165, 1.54) is 12.1 Å². The summed E-state index contributed by atoms with van der Waals surface area (Å²) in [6.07, 6.45) is 0.0757. The fourth-order valence-electron chi connectivity index (χ4n) is 5.92. The van der Waals surface area contributed by atoms with E-state index in [1.807, 2.05) is 6.07 Å². The van der Waals surface area contributed by atoms with Gasteiger partial charge in [0, 0.05) is 30.2 Å². The molecule has 2 aromatic heterocycles. The number of amides is 1. The average Bonchev–Trinajstić information content (AvgIpc) is 3.24. The van der Waals surface area contributed by atoms with Crippen LogP contribution in [-0.4, -0.2) is 45.0 Å². The zero-order valence-electron chi connectivity index (χ0n) is 20.1. The molecule has 1 amide bonds. The van der Waals surface area contributed by atoms with Crippen molar-refractivity contribution in [2.75, 3.05) is 13.1 Å². The van der Waals surface area contributed by atoms with Gasteiger partial charge in [0.25, 0.3) is 5.91 Å². The lowest BCUT2D eigenvalue weighted by Crippen LogP contribution is -2.41. The lowest BCUT2D eigenvalue weighted by Gasteiger charge is -2.34. The van der Waals surface area contributed by atoms with Crippen molar-refractivity contribution in [3.8, 4) is 0 Å². The maximum absolute atomic E-state index is 14.4. The molecule has 4 aromatic rings. The average molecular weight is 511 g/mol. The summed E-state index contributed by atoms with van der Waals surface area (Å²) in [5.41, 5.74) is 2.93. The van der Waals surface area contributed by atoms with E-state index < -0.39 is 18.0 Å². The minimum absolute atomic E-state index is 0.0446. The summed E-state index contributed by atoms with van der Waals surface area (Å²) in [6, 6.07) is 11.1. The zero-order valence-corrected chi connectivity index (χ0v) is 20.1. The molecule has 6 rings (SSSR count). The van der Waals surface area contributed by atoms with Crippen LogP contribution in [0.1, 0.15) is 65.7 Å². The van der Waals surface area contributed by atoms with Crippen LogP contribution in [0.25, 0.3) is 21.9 Å². The number of pyridine rings is 1. The van der Waals surface area contributed by atoms with Gasteiger partial charge in [-0.1, -0.05) is 0 Å². The number of nitrogens with one attached hydrogen (secondary N) is 1. The van der Waals surface area contributed by atoms with E-state index in [4.69, 9.17) is 0 Å². The summed E-state index contributed by atoms with van der Waals surface area (Å²) in [5, 5.41) is 0.721. The molecule has 2 aliphatic rings. The number of rotatable bonds is 4. The second-order valence-electron chi connectivity index (χ2n) is 10.2. The van der Waals surface area contributed by atoms with E-state index in [-0.39, 0.29) is 23.5 Å². The largest absolute Gasteiger partial charge is 0.399 e. The summed E-state index contributed by atoms with van der Waals surface area (Å²) in [6.45, 7) is 1.41. The summed E-state index contributed by atoms with van der Waals surface area (Å²) < 4.78 is 57.1. The number of fused-ring (bicyclic) bond motifs is 2. The Bertz CT molecular complexity index is 1470. The van der Waals surface area contributed by atoms with Crippen LogP contribution in [0.2, 0.25) is 0 Å². The zero-order chi connectivity index (χ0) is 25.7. The first-order chi connectivity index (χ1) is 17.8. The number of halogens is 4. The van der Waals surface area contributed by atoms with Gasteiger partial charge in [-0.15, -0.1) is 0 Å². The van der Waals surface area contributed by atoms with E-state index in [2.05, 4.69) is 15.0 Å². The van der Waals surface area contributed by atoms with Gasteiger partial charge < -0.3 is 9.88 Å². The fraction of sp³-hybridized carbons (Fsp3) is 0.393. The molecule has 1 unspecified atom stereocenters. The fourth-order valence-corrected chi connectivity index (χ4v) is 5.92. The molecule has 5 nitrogen and oxygen atoms in total. The van der Waals surface area contributed by atoms with E-state index in [0.717, 1.165) is 17.4 Å². The van der Waals surface area contributed by atoms with Crippen LogP contribution in [0.15, 0.2) is 48.7 Å². The lowest BCUT2D eigenvalue weighted by atomic mass is 9.73. The van der Waals surface area contributed by atoms with Gasteiger partial charge in [-0.3, -0.25) is 9.78 Å². The highest BCUT2D eigenvalue weighted by Gasteiger charge is 2.48. The number of hydrogen-bond donors (Lipinski definition) is 1. The number of H-pyrrole nitrogens is 1. The van der Waals surface area contributed by atoms with Crippen LogP contribution in [-0.2, 0) is 0 Å². The molecule has 1 N–H and O–H groups in total. The molecule has 1 aliphatic carbocycles. The minimum atomic E-state index is -4.46. The van der Waals surface area contributed by atoms with E-state index in [1.54, 1.807) is 35.4 Å². The molecule has 1 saturated carbocycles. The summed E-state index contributed by atoms with van der Waals surface area (Å²) in [7, 11) is 0. The quantitative estimate of drug-likeness (QED) is 0.310. The van der Waals surface area contributed by atoms with Crippen LogP contribution in [0.5, 0.6) is 0 Å². The van der Waals surface area contributed by atoms with Crippen molar-refractivity contribution in [2.45, 2.75) is 50.1 Å². The number of nitrogens with zero attached hydrogens (tertiary/aromatic N) is 3. The smallest absolute Gasteiger partial charge is 0.341 e. The van der Waals surface area contributed by atoms with Crippen LogP contribution in [0.4, 0.5) is 17.6 Å². The monoisotopic (exact) mass is 510 g/mol. The standard InChI is InChI=1S/C28H26F4N4O/c29-19-7-9-22-21(15-19)20(10-11-33-22)16-2-4-17(5-3-16)25(28(30,31)32)26-34-23-8-6-18(14-24(23)35-26)27(37)36-12-1-13-36/h6-11,14-17,25H,1-5,12-13H2,(H,34,35). The Balaban J connectivity index is 1.25. The molecule has 2 fully saturated rings. The third-order valence-corrected chi connectivity index (χ3v) is 7.96. The predicted octanol–water partition coefficient (Wildman–Crippen LogP) is 6.72. The van der Waals surface area contributed by atoms with Crippen LogP contribution in [0.3, 0.4) is 0 Å². The molecule has 0 bridgehead atoms. The van der Waals surface area contributed by atoms with Crippen molar-refractivity contribution in [3.05, 3.63) is 71.4 Å². The van der Waals surface area contributed by atoms with Crippen molar-refractivity contribution in [3.63, 3.8) is 0 Å². The molecular formula is C28H26F4N4O. The Morgan fingerprint density at radius 1 is 1.00 bits per heavy atom. The van der Waals surface area contributed by atoms with E-state index in [9.17, 15) is 22.4 Å². The Morgan fingerprint density at radius 2 is 1.76 bits per heavy atom. The number of imidazole rings is 1. The number of carbonyl (C=O) groups is 1. The number of benzene rings is 2.